The third-order valence-electron chi connectivity index (χ3n) is 2.68. The highest BCUT2D eigenvalue weighted by Gasteiger charge is 2.13. The van der Waals surface area contributed by atoms with Crippen molar-refractivity contribution < 1.29 is 14.3 Å². The highest BCUT2D eigenvalue weighted by molar-refractivity contribution is 6.31. The fourth-order valence-electron chi connectivity index (χ4n) is 1.62. The van der Waals surface area contributed by atoms with Gasteiger partial charge in [-0.25, -0.2) is 4.39 Å². The van der Waals surface area contributed by atoms with Crippen molar-refractivity contribution in [1.29, 1.82) is 0 Å². The van der Waals surface area contributed by atoms with Gasteiger partial charge in [0.05, 0.1) is 16.1 Å². The Morgan fingerprint density at radius 1 is 1.40 bits per heavy atom. The summed E-state index contributed by atoms with van der Waals surface area (Å²) in [6.07, 6.45) is 0.442. The second kappa shape index (κ2) is 6.26. The standard InChI is InChI=1S/C13H11Cl2FN2O2/c14-8-4-11(17-5-8)13(20)18-6-12(19)7-1-2-9(15)10(16)3-7/h1-5,12,17,19H,6H2,(H,18,20). The molecular formula is C13H11Cl2FN2O2. The maximum Gasteiger partial charge on any atom is 0.267 e. The first-order valence-corrected chi connectivity index (χ1v) is 6.48. The lowest BCUT2D eigenvalue weighted by Crippen LogP contribution is -2.28. The molecule has 3 N–H and O–H groups in total. The second-order valence-corrected chi connectivity index (χ2v) is 4.97. The van der Waals surface area contributed by atoms with Gasteiger partial charge >= 0.3 is 0 Å². The summed E-state index contributed by atoms with van der Waals surface area (Å²) in [5.74, 6) is -1.03. The number of benzene rings is 1. The minimum Gasteiger partial charge on any atom is -0.387 e. The summed E-state index contributed by atoms with van der Waals surface area (Å²) in [6.45, 7) is -0.0590. The number of aromatic nitrogens is 1. The topological polar surface area (TPSA) is 65.1 Å². The van der Waals surface area contributed by atoms with E-state index in [1.54, 1.807) is 0 Å². The van der Waals surface area contributed by atoms with Gasteiger partial charge in [-0.3, -0.25) is 4.79 Å². The van der Waals surface area contributed by atoms with Gasteiger partial charge in [0.15, 0.2) is 0 Å². The molecule has 1 atom stereocenters. The number of amides is 1. The number of aliphatic hydroxyl groups is 1. The Balaban J connectivity index is 1.96. The van der Waals surface area contributed by atoms with Crippen LogP contribution in [0.4, 0.5) is 4.39 Å². The van der Waals surface area contributed by atoms with E-state index in [9.17, 15) is 14.3 Å². The van der Waals surface area contributed by atoms with Crippen LogP contribution in [-0.2, 0) is 0 Å². The van der Waals surface area contributed by atoms with Crippen molar-refractivity contribution >= 4 is 29.1 Å². The number of aliphatic hydroxyl groups excluding tert-OH is 1. The maximum absolute atomic E-state index is 13.3. The Bertz CT molecular complexity index is 631. The SMILES string of the molecule is O=C(NCC(O)c1ccc(Cl)c(F)c1)c1cc(Cl)c[nH]1. The lowest BCUT2D eigenvalue weighted by Gasteiger charge is -2.12. The molecule has 1 amide bonds. The van der Waals surface area contributed by atoms with Crippen LogP contribution in [-0.4, -0.2) is 22.5 Å². The zero-order valence-electron chi connectivity index (χ0n) is 10.2. The predicted molar refractivity (Wildman–Crippen MR) is 74.5 cm³/mol. The van der Waals surface area contributed by atoms with E-state index in [1.165, 1.54) is 24.4 Å². The molecule has 0 radical (unpaired) electrons. The molecule has 1 aromatic carbocycles. The van der Waals surface area contributed by atoms with Crippen molar-refractivity contribution in [1.82, 2.24) is 10.3 Å². The predicted octanol–water partition coefficient (Wildman–Crippen LogP) is 2.92. The lowest BCUT2D eigenvalue weighted by molar-refractivity contribution is 0.0912. The Kier molecular flexibility index (Phi) is 4.65. The number of hydrogen-bond acceptors (Lipinski definition) is 2. The fourth-order valence-corrected chi connectivity index (χ4v) is 1.90. The van der Waals surface area contributed by atoms with Crippen molar-refractivity contribution in [3.63, 3.8) is 0 Å². The van der Waals surface area contributed by atoms with Gasteiger partial charge in [0.1, 0.15) is 11.5 Å². The van der Waals surface area contributed by atoms with Crippen LogP contribution >= 0.6 is 23.2 Å². The number of carbonyl (C=O) groups excluding carboxylic acids is 1. The summed E-state index contributed by atoms with van der Waals surface area (Å²) in [6, 6.07) is 5.44. The lowest BCUT2D eigenvalue weighted by atomic mass is 10.1. The van der Waals surface area contributed by atoms with Crippen molar-refractivity contribution in [2.24, 2.45) is 0 Å². The van der Waals surface area contributed by atoms with Gasteiger partial charge in [0.2, 0.25) is 0 Å². The molecule has 0 aliphatic carbocycles. The Hall–Kier alpha value is -1.56. The molecule has 0 spiro atoms. The van der Waals surface area contributed by atoms with Gasteiger partial charge in [0.25, 0.3) is 5.91 Å². The smallest absolute Gasteiger partial charge is 0.267 e. The first kappa shape index (κ1) is 14.8. The highest BCUT2D eigenvalue weighted by atomic mass is 35.5. The summed E-state index contributed by atoms with van der Waals surface area (Å²) in [5.41, 5.74) is 0.612. The molecule has 0 aliphatic rings. The van der Waals surface area contributed by atoms with Crippen LogP contribution in [0.5, 0.6) is 0 Å². The minimum absolute atomic E-state index is 0.0222. The van der Waals surface area contributed by atoms with E-state index in [1.807, 2.05) is 0 Å². The van der Waals surface area contributed by atoms with Crippen molar-refractivity contribution in [2.75, 3.05) is 6.54 Å². The third kappa shape index (κ3) is 3.50. The molecule has 1 unspecified atom stereocenters. The first-order valence-electron chi connectivity index (χ1n) is 5.72. The molecule has 1 heterocycles. The molecule has 4 nitrogen and oxygen atoms in total. The zero-order chi connectivity index (χ0) is 14.7. The molecule has 20 heavy (non-hydrogen) atoms. The molecular weight excluding hydrogens is 306 g/mol. The van der Waals surface area contributed by atoms with Gasteiger partial charge in [-0.1, -0.05) is 29.3 Å². The Morgan fingerprint density at radius 3 is 2.75 bits per heavy atom. The quantitative estimate of drug-likeness (QED) is 0.812. The van der Waals surface area contributed by atoms with E-state index in [4.69, 9.17) is 23.2 Å². The normalized spacial score (nSPS) is 12.2. The molecule has 0 fully saturated rings. The average molecular weight is 317 g/mol. The average Bonchev–Trinajstić information content (AvgIpc) is 2.85. The van der Waals surface area contributed by atoms with E-state index in [0.717, 1.165) is 6.07 Å². The van der Waals surface area contributed by atoms with Crippen molar-refractivity contribution in [2.45, 2.75) is 6.10 Å². The molecule has 0 aliphatic heterocycles. The molecule has 1 aromatic heterocycles. The van der Waals surface area contributed by atoms with Gasteiger partial charge in [-0.15, -0.1) is 0 Å². The maximum atomic E-state index is 13.3. The molecule has 7 heteroatoms. The van der Waals surface area contributed by atoms with Crippen LogP contribution in [0, 0.1) is 5.82 Å². The number of H-pyrrole nitrogens is 1. The summed E-state index contributed by atoms with van der Waals surface area (Å²) < 4.78 is 13.3. The molecule has 2 aromatic rings. The summed E-state index contributed by atoms with van der Waals surface area (Å²) in [4.78, 5) is 14.4. The zero-order valence-corrected chi connectivity index (χ0v) is 11.7. The number of aromatic amines is 1. The Morgan fingerprint density at radius 2 is 2.15 bits per heavy atom. The molecule has 2 rings (SSSR count). The number of nitrogens with one attached hydrogen (secondary N) is 2. The van der Waals surface area contributed by atoms with E-state index in [0.29, 0.717) is 10.6 Å². The first-order chi connectivity index (χ1) is 9.47. The highest BCUT2D eigenvalue weighted by Crippen LogP contribution is 2.20. The number of hydrogen-bond donors (Lipinski definition) is 3. The van der Waals surface area contributed by atoms with Gasteiger partial charge in [0, 0.05) is 12.7 Å². The van der Waals surface area contributed by atoms with E-state index in [-0.39, 0.29) is 17.3 Å². The van der Waals surface area contributed by atoms with Crippen LogP contribution in [0.25, 0.3) is 0 Å². The monoisotopic (exact) mass is 316 g/mol. The van der Waals surface area contributed by atoms with Crippen LogP contribution < -0.4 is 5.32 Å². The molecule has 106 valence electrons. The molecule has 0 bridgehead atoms. The van der Waals surface area contributed by atoms with Crippen molar-refractivity contribution in [3.05, 3.63) is 57.6 Å². The second-order valence-electron chi connectivity index (χ2n) is 4.13. The number of carbonyl (C=O) groups is 1. The summed E-state index contributed by atoms with van der Waals surface area (Å²) in [5, 5.41) is 12.8. The van der Waals surface area contributed by atoms with Crippen LogP contribution in [0.3, 0.4) is 0 Å². The van der Waals surface area contributed by atoms with Crippen molar-refractivity contribution in [3.8, 4) is 0 Å². The van der Waals surface area contributed by atoms with E-state index >= 15 is 0 Å². The van der Waals surface area contributed by atoms with Gasteiger partial charge in [-0.2, -0.15) is 0 Å². The van der Waals surface area contributed by atoms with E-state index in [2.05, 4.69) is 10.3 Å². The van der Waals surface area contributed by atoms with Crippen LogP contribution in [0.1, 0.15) is 22.2 Å². The molecule has 0 saturated heterocycles. The van der Waals surface area contributed by atoms with Gasteiger partial charge < -0.3 is 15.4 Å². The third-order valence-corrected chi connectivity index (χ3v) is 3.20. The fraction of sp³-hybridized carbons (Fsp3) is 0.154. The van der Waals surface area contributed by atoms with Crippen LogP contribution in [0.15, 0.2) is 30.5 Å². The van der Waals surface area contributed by atoms with Gasteiger partial charge in [-0.05, 0) is 23.8 Å². The summed E-state index contributed by atoms with van der Waals surface area (Å²) >= 11 is 11.2. The molecule has 0 saturated carbocycles. The number of halogens is 3. The van der Waals surface area contributed by atoms with E-state index < -0.39 is 17.8 Å². The number of rotatable bonds is 4. The Labute approximate surface area is 124 Å². The largest absolute Gasteiger partial charge is 0.387 e. The summed E-state index contributed by atoms with van der Waals surface area (Å²) in [7, 11) is 0. The van der Waals surface area contributed by atoms with Crippen LogP contribution in [0.2, 0.25) is 10.0 Å². The minimum atomic E-state index is -1.03.